The second-order valence-electron chi connectivity index (χ2n) is 2.23. The Hall–Kier alpha value is -0.980. The van der Waals surface area contributed by atoms with Crippen LogP contribution in [0.5, 0.6) is 5.75 Å². The molecule has 0 fully saturated rings. The minimum Gasteiger partial charge on any atom is -0.507 e. The lowest BCUT2D eigenvalue weighted by molar-refractivity contribution is 0.473. The normalized spacial score (nSPS) is 9.56. The summed E-state index contributed by atoms with van der Waals surface area (Å²) in [7, 11) is 0. The summed E-state index contributed by atoms with van der Waals surface area (Å²) in [6.07, 6.45) is 0. The molecule has 0 unspecified atom stereocenters. The minimum absolute atomic E-state index is 0.229. The van der Waals surface area contributed by atoms with Crippen molar-refractivity contribution in [3.8, 4) is 5.75 Å². The highest BCUT2D eigenvalue weighted by atomic mass is 16.3. The molecule has 1 nitrogen and oxygen atoms in total. The van der Waals surface area contributed by atoms with E-state index in [1.165, 1.54) is 0 Å². The third-order valence-corrected chi connectivity index (χ3v) is 1.13. The second kappa shape index (κ2) is 2.09. The van der Waals surface area contributed by atoms with Crippen LogP contribution in [0.4, 0.5) is 0 Å². The van der Waals surface area contributed by atoms with Crippen LogP contribution in [-0.2, 0) is 0 Å². The third kappa shape index (κ3) is 1.46. The predicted octanol–water partition coefficient (Wildman–Crippen LogP) is 1.81. The molecule has 0 saturated heterocycles. The van der Waals surface area contributed by atoms with Crippen LogP contribution in [0, 0.1) is 19.9 Å². The summed E-state index contributed by atoms with van der Waals surface area (Å²) < 4.78 is 0. The average Bonchev–Trinajstić information content (AvgIpc) is 1.59. The third-order valence-electron chi connectivity index (χ3n) is 1.13. The van der Waals surface area contributed by atoms with E-state index in [-0.39, 0.29) is 5.75 Å². The van der Waals surface area contributed by atoms with Gasteiger partial charge in [0.1, 0.15) is 5.75 Å². The number of phenols is 1. The van der Waals surface area contributed by atoms with E-state index in [2.05, 4.69) is 6.07 Å². The molecule has 1 aromatic rings. The Bertz CT molecular complexity index is 165. The van der Waals surface area contributed by atoms with Gasteiger partial charge in [0.25, 0.3) is 0 Å². The van der Waals surface area contributed by atoms with Crippen LogP contribution in [-0.4, -0.2) is 5.11 Å². The van der Waals surface area contributed by atoms with Gasteiger partial charge in [0.2, 0.25) is 0 Å². The molecule has 9 heavy (non-hydrogen) atoms. The van der Waals surface area contributed by atoms with Gasteiger partial charge < -0.3 is 5.11 Å². The quantitative estimate of drug-likeness (QED) is 0.555. The van der Waals surface area contributed by atoms with Crippen LogP contribution < -0.4 is 0 Å². The Labute approximate surface area is 55.0 Å². The van der Waals surface area contributed by atoms with Crippen LogP contribution in [0.15, 0.2) is 12.1 Å². The maximum atomic E-state index is 8.94. The monoisotopic (exact) mass is 121 g/mol. The van der Waals surface area contributed by atoms with Gasteiger partial charge in [-0.2, -0.15) is 0 Å². The number of aromatic hydroxyl groups is 1. The molecule has 0 saturated carbocycles. The maximum Gasteiger partial charge on any atom is 0.124 e. The van der Waals surface area contributed by atoms with Crippen molar-refractivity contribution in [3.63, 3.8) is 0 Å². The molecule has 1 heteroatoms. The van der Waals surface area contributed by atoms with Gasteiger partial charge in [-0.15, -0.1) is 0 Å². The molecule has 0 aliphatic carbocycles. The first-order chi connectivity index (χ1) is 4.18. The Kier molecular flexibility index (Phi) is 1.43. The summed E-state index contributed by atoms with van der Waals surface area (Å²) in [5.74, 6) is 0.229. The zero-order valence-corrected chi connectivity index (χ0v) is 5.60. The van der Waals surface area contributed by atoms with Crippen molar-refractivity contribution in [2.75, 3.05) is 0 Å². The number of hydrogen-bond donors (Lipinski definition) is 1. The van der Waals surface area contributed by atoms with Gasteiger partial charge in [-0.1, -0.05) is 6.07 Å². The molecule has 1 aromatic carbocycles. The SMILES string of the molecule is Cc1[c]c(O)cc(C)c1. The van der Waals surface area contributed by atoms with E-state index in [9.17, 15) is 0 Å². The number of phenolic OH excluding ortho intramolecular Hbond substituents is 1. The summed E-state index contributed by atoms with van der Waals surface area (Å²) in [5.41, 5.74) is 2.05. The Morgan fingerprint density at radius 1 is 1.33 bits per heavy atom. The van der Waals surface area contributed by atoms with Crippen molar-refractivity contribution >= 4 is 0 Å². The molecule has 47 valence electrons. The highest BCUT2D eigenvalue weighted by Gasteiger charge is 1.90. The fraction of sp³-hybridized carbons (Fsp3) is 0.250. The first-order valence-electron chi connectivity index (χ1n) is 2.88. The lowest BCUT2D eigenvalue weighted by atomic mass is 10.1. The standard InChI is InChI=1S/C8H9O/c1-6-3-7(2)5-8(9)4-6/h3-4,9H,1-2H3. The molecule has 0 bridgehead atoms. The summed E-state index contributed by atoms with van der Waals surface area (Å²) in [5, 5.41) is 8.94. The summed E-state index contributed by atoms with van der Waals surface area (Å²) in [6.45, 7) is 3.85. The predicted molar refractivity (Wildman–Crippen MR) is 36.4 cm³/mol. The van der Waals surface area contributed by atoms with Gasteiger partial charge in [0.05, 0.1) is 0 Å². The molecule has 0 aliphatic heterocycles. The zero-order valence-electron chi connectivity index (χ0n) is 5.60. The van der Waals surface area contributed by atoms with E-state index >= 15 is 0 Å². The van der Waals surface area contributed by atoms with Crippen molar-refractivity contribution in [3.05, 3.63) is 29.3 Å². The fourth-order valence-corrected chi connectivity index (χ4v) is 0.873. The molecule has 1 N–H and O–H groups in total. The maximum absolute atomic E-state index is 8.94. The molecule has 0 atom stereocenters. The second-order valence-corrected chi connectivity index (χ2v) is 2.23. The molecule has 1 rings (SSSR count). The van der Waals surface area contributed by atoms with Crippen LogP contribution in [0.1, 0.15) is 11.1 Å². The largest absolute Gasteiger partial charge is 0.507 e. The Morgan fingerprint density at radius 2 is 2.00 bits per heavy atom. The van der Waals surface area contributed by atoms with E-state index in [1.54, 1.807) is 6.07 Å². The van der Waals surface area contributed by atoms with Crippen molar-refractivity contribution in [2.24, 2.45) is 0 Å². The van der Waals surface area contributed by atoms with Crippen LogP contribution >= 0.6 is 0 Å². The number of benzene rings is 1. The molecule has 0 amide bonds. The van der Waals surface area contributed by atoms with Gasteiger partial charge >= 0.3 is 0 Å². The molecule has 0 spiro atoms. The number of hydrogen-bond acceptors (Lipinski definition) is 1. The van der Waals surface area contributed by atoms with Gasteiger partial charge in [0.15, 0.2) is 0 Å². The minimum atomic E-state index is 0.229. The van der Waals surface area contributed by atoms with Gasteiger partial charge in [-0.05, 0) is 31.0 Å². The average molecular weight is 121 g/mol. The van der Waals surface area contributed by atoms with Crippen molar-refractivity contribution < 1.29 is 5.11 Å². The molecule has 0 aromatic heterocycles. The Morgan fingerprint density at radius 3 is 2.44 bits per heavy atom. The fourth-order valence-electron chi connectivity index (χ4n) is 0.873. The zero-order chi connectivity index (χ0) is 6.85. The topological polar surface area (TPSA) is 20.2 Å². The van der Waals surface area contributed by atoms with Crippen LogP contribution in [0.2, 0.25) is 0 Å². The van der Waals surface area contributed by atoms with Crippen molar-refractivity contribution in [1.82, 2.24) is 0 Å². The molecule has 1 radical (unpaired) electrons. The van der Waals surface area contributed by atoms with Crippen LogP contribution in [0.3, 0.4) is 0 Å². The summed E-state index contributed by atoms with van der Waals surface area (Å²) in [4.78, 5) is 0. The smallest absolute Gasteiger partial charge is 0.124 e. The van der Waals surface area contributed by atoms with E-state index in [0.717, 1.165) is 11.1 Å². The lowest BCUT2D eigenvalue weighted by Crippen LogP contribution is -1.75. The number of rotatable bonds is 0. The molecular weight excluding hydrogens is 112 g/mol. The van der Waals surface area contributed by atoms with E-state index in [4.69, 9.17) is 5.11 Å². The molecule has 0 heterocycles. The first kappa shape index (κ1) is 6.14. The summed E-state index contributed by atoms with van der Waals surface area (Å²) in [6, 6.07) is 6.43. The lowest BCUT2D eigenvalue weighted by Gasteiger charge is -1.95. The number of aryl methyl sites for hydroxylation is 2. The molecule has 0 aliphatic rings. The van der Waals surface area contributed by atoms with Crippen LogP contribution in [0.25, 0.3) is 0 Å². The van der Waals surface area contributed by atoms with Gasteiger partial charge in [0, 0.05) is 6.07 Å². The molecular formula is C8H9O. The van der Waals surface area contributed by atoms with E-state index < -0.39 is 0 Å². The highest BCUT2D eigenvalue weighted by Crippen LogP contribution is 2.12. The summed E-state index contributed by atoms with van der Waals surface area (Å²) >= 11 is 0. The van der Waals surface area contributed by atoms with E-state index in [1.807, 2.05) is 19.9 Å². The van der Waals surface area contributed by atoms with E-state index in [0.29, 0.717) is 0 Å². The van der Waals surface area contributed by atoms with Crippen molar-refractivity contribution in [2.45, 2.75) is 13.8 Å². The van der Waals surface area contributed by atoms with Gasteiger partial charge in [-0.25, -0.2) is 0 Å². The van der Waals surface area contributed by atoms with Crippen molar-refractivity contribution in [1.29, 1.82) is 0 Å². The first-order valence-corrected chi connectivity index (χ1v) is 2.88. The van der Waals surface area contributed by atoms with Gasteiger partial charge in [-0.3, -0.25) is 0 Å². The highest BCUT2D eigenvalue weighted by molar-refractivity contribution is 5.30. The Balaban J connectivity index is 3.17.